The molecule has 0 aromatic carbocycles. The summed E-state index contributed by atoms with van der Waals surface area (Å²) in [5.41, 5.74) is 0.785. The summed E-state index contributed by atoms with van der Waals surface area (Å²) < 4.78 is 0. The predicted molar refractivity (Wildman–Crippen MR) is 73.5 cm³/mol. The minimum absolute atomic E-state index is 0.0625. The van der Waals surface area contributed by atoms with Gasteiger partial charge in [0, 0.05) is 36.7 Å². The molecular weight excluding hydrogens is 260 g/mol. The lowest BCUT2D eigenvalue weighted by Gasteiger charge is -2.16. The summed E-state index contributed by atoms with van der Waals surface area (Å²) in [6.07, 6.45) is 8.34. The van der Waals surface area contributed by atoms with Crippen LogP contribution in [0.5, 0.6) is 0 Å². The number of carbonyl (C=O) groups is 1. The molecule has 19 heavy (non-hydrogen) atoms. The zero-order valence-corrected chi connectivity index (χ0v) is 11.4. The van der Waals surface area contributed by atoms with Crippen LogP contribution in [0.2, 0.25) is 0 Å². The van der Waals surface area contributed by atoms with Gasteiger partial charge in [-0.1, -0.05) is 0 Å². The molecule has 2 rings (SSSR count). The standard InChI is InChI=1S/C13H14N4OS/c1-17(9-11-8-15-6-7-16-11)13(18)10-19-12-2-4-14-5-3-12/h2-8H,9-10H2,1H3. The molecule has 0 spiro atoms. The Kier molecular flexibility index (Phi) is 4.85. The molecule has 0 radical (unpaired) electrons. The van der Waals surface area contributed by atoms with E-state index in [1.165, 1.54) is 11.8 Å². The molecule has 6 heteroatoms. The third-order valence-electron chi connectivity index (χ3n) is 2.45. The fraction of sp³-hybridized carbons (Fsp3) is 0.231. The smallest absolute Gasteiger partial charge is 0.233 e. The van der Waals surface area contributed by atoms with Crippen molar-refractivity contribution in [1.82, 2.24) is 19.9 Å². The molecule has 2 aromatic rings. The van der Waals surface area contributed by atoms with Crippen LogP contribution in [0.15, 0.2) is 48.0 Å². The average Bonchev–Trinajstić information content (AvgIpc) is 2.47. The molecule has 0 fully saturated rings. The Morgan fingerprint density at radius 3 is 2.68 bits per heavy atom. The Balaban J connectivity index is 1.83. The predicted octanol–water partition coefficient (Wildman–Crippen LogP) is 1.62. The Hall–Kier alpha value is -1.95. The van der Waals surface area contributed by atoms with Crippen molar-refractivity contribution in [3.05, 3.63) is 48.8 Å². The molecule has 98 valence electrons. The van der Waals surface area contributed by atoms with Gasteiger partial charge in [-0.05, 0) is 12.1 Å². The number of aromatic nitrogens is 3. The zero-order valence-electron chi connectivity index (χ0n) is 10.6. The van der Waals surface area contributed by atoms with Gasteiger partial charge in [-0.3, -0.25) is 19.7 Å². The molecule has 5 nitrogen and oxygen atoms in total. The topological polar surface area (TPSA) is 59.0 Å². The normalized spacial score (nSPS) is 10.2. The van der Waals surface area contributed by atoms with Crippen molar-refractivity contribution >= 4 is 17.7 Å². The van der Waals surface area contributed by atoms with Gasteiger partial charge in [0.05, 0.1) is 24.2 Å². The highest BCUT2D eigenvalue weighted by atomic mass is 32.2. The van der Waals surface area contributed by atoms with Gasteiger partial charge in [0.15, 0.2) is 0 Å². The van der Waals surface area contributed by atoms with Crippen molar-refractivity contribution < 1.29 is 4.79 Å². The second-order valence-corrected chi connectivity index (χ2v) is 4.97. The van der Waals surface area contributed by atoms with Crippen LogP contribution < -0.4 is 0 Å². The highest BCUT2D eigenvalue weighted by molar-refractivity contribution is 8.00. The lowest BCUT2D eigenvalue weighted by atomic mass is 10.4. The molecule has 1 amide bonds. The number of hydrogen-bond acceptors (Lipinski definition) is 5. The lowest BCUT2D eigenvalue weighted by molar-refractivity contribution is -0.127. The van der Waals surface area contributed by atoms with E-state index in [1.807, 2.05) is 12.1 Å². The van der Waals surface area contributed by atoms with Crippen molar-refractivity contribution in [2.75, 3.05) is 12.8 Å². The van der Waals surface area contributed by atoms with Gasteiger partial charge in [-0.2, -0.15) is 0 Å². The maximum atomic E-state index is 12.0. The molecule has 0 atom stereocenters. The molecule has 0 aliphatic rings. The largest absolute Gasteiger partial charge is 0.339 e. The van der Waals surface area contributed by atoms with Gasteiger partial charge in [-0.15, -0.1) is 11.8 Å². The molecule has 0 saturated carbocycles. The molecule has 2 aromatic heterocycles. The van der Waals surface area contributed by atoms with E-state index in [2.05, 4.69) is 15.0 Å². The number of rotatable bonds is 5. The first-order valence-corrected chi connectivity index (χ1v) is 6.76. The summed E-state index contributed by atoms with van der Waals surface area (Å²) in [4.78, 5) is 26.7. The minimum Gasteiger partial charge on any atom is -0.339 e. The quantitative estimate of drug-likeness (QED) is 0.775. The summed E-state index contributed by atoms with van der Waals surface area (Å²) in [6.45, 7) is 0.476. The Bertz CT molecular complexity index is 521. The number of nitrogens with zero attached hydrogens (tertiary/aromatic N) is 4. The van der Waals surface area contributed by atoms with Crippen molar-refractivity contribution in [3.63, 3.8) is 0 Å². The van der Waals surface area contributed by atoms with Crippen LogP contribution in [0.3, 0.4) is 0 Å². The Morgan fingerprint density at radius 1 is 1.21 bits per heavy atom. The number of amides is 1. The van der Waals surface area contributed by atoms with Gasteiger partial charge >= 0.3 is 0 Å². The second kappa shape index (κ2) is 6.84. The SMILES string of the molecule is CN(Cc1cnccn1)C(=O)CSc1ccncc1. The first kappa shape index (κ1) is 13.5. The maximum Gasteiger partial charge on any atom is 0.233 e. The summed E-state index contributed by atoms with van der Waals surface area (Å²) in [5, 5.41) is 0. The van der Waals surface area contributed by atoms with Crippen molar-refractivity contribution in [3.8, 4) is 0 Å². The van der Waals surface area contributed by atoms with Gasteiger partial charge in [0.25, 0.3) is 0 Å². The fourth-order valence-corrected chi connectivity index (χ4v) is 2.26. The highest BCUT2D eigenvalue weighted by Crippen LogP contribution is 2.16. The van der Waals surface area contributed by atoms with Crippen LogP contribution in [0.4, 0.5) is 0 Å². The Morgan fingerprint density at radius 2 is 2.00 bits per heavy atom. The van der Waals surface area contributed by atoms with E-state index >= 15 is 0 Å². The molecule has 0 aliphatic heterocycles. The summed E-state index contributed by atoms with van der Waals surface area (Å²) in [6, 6.07) is 3.78. The molecule has 0 aliphatic carbocycles. The monoisotopic (exact) mass is 274 g/mol. The van der Waals surface area contributed by atoms with Gasteiger partial charge in [-0.25, -0.2) is 0 Å². The van der Waals surface area contributed by atoms with E-state index in [1.54, 1.807) is 42.9 Å². The third-order valence-corrected chi connectivity index (χ3v) is 3.45. The molecule has 0 N–H and O–H groups in total. The summed E-state index contributed by atoms with van der Waals surface area (Å²) in [5.74, 6) is 0.466. The van der Waals surface area contributed by atoms with Crippen LogP contribution in [-0.2, 0) is 11.3 Å². The molecular formula is C13H14N4OS. The van der Waals surface area contributed by atoms with Crippen molar-refractivity contribution in [2.24, 2.45) is 0 Å². The average molecular weight is 274 g/mol. The Labute approximate surface area is 116 Å². The molecule has 0 bridgehead atoms. The van der Waals surface area contributed by atoms with Crippen LogP contribution in [0.1, 0.15) is 5.69 Å². The minimum atomic E-state index is 0.0625. The fourth-order valence-electron chi connectivity index (χ4n) is 1.43. The van der Waals surface area contributed by atoms with E-state index in [0.29, 0.717) is 12.3 Å². The molecule has 0 saturated heterocycles. The van der Waals surface area contributed by atoms with Crippen LogP contribution in [0, 0.1) is 0 Å². The lowest BCUT2D eigenvalue weighted by Crippen LogP contribution is -2.28. The highest BCUT2D eigenvalue weighted by Gasteiger charge is 2.10. The molecule has 0 unspecified atom stereocenters. The van der Waals surface area contributed by atoms with E-state index < -0.39 is 0 Å². The second-order valence-electron chi connectivity index (χ2n) is 3.92. The van der Waals surface area contributed by atoms with E-state index in [0.717, 1.165) is 10.6 Å². The number of thioether (sulfide) groups is 1. The number of hydrogen-bond donors (Lipinski definition) is 0. The van der Waals surface area contributed by atoms with E-state index in [9.17, 15) is 4.79 Å². The van der Waals surface area contributed by atoms with Crippen LogP contribution in [-0.4, -0.2) is 38.6 Å². The van der Waals surface area contributed by atoms with Crippen molar-refractivity contribution in [2.45, 2.75) is 11.4 Å². The third kappa shape index (κ3) is 4.33. The summed E-state index contributed by atoms with van der Waals surface area (Å²) in [7, 11) is 1.77. The summed E-state index contributed by atoms with van der Waals surface area (Å²) >= 11 is 1.50. The molecule has 2 heterocycles. The van der Waals surface area contributed by atoms with Gasteiger partial charge in [0.1, 0.15) is 0 Å². The van der Waals surface area contributed by atoms with E-state index in [4.69, 9.17) is 0 Å². The van der Waals surface area contributed by atoms with E-state index in [-0.39, 0.29) is 5.91 Å². The first-order valence-electron chi connectivity index (χ1n) is 5.77. The van der Waals surface area contributed by atoms with Crippen LogP contribution in [0.25, 0.3) is 0 Å². The first-order chi connectivity index (χ1) is 9.25. The van der Waals surface area contributed by atoms with Gasteiger partial charge in [0.2, 0.25) is 5.91 Å². The maximum absolute atomic E-state index is 12.0. The van der Waals surface area contributed by atoms with Gasteiger partial charge < -0.3 is 4.90 Å². The number of carbonyl (C=O) groups excluding carboxylic acids is 1. The van der Waals surface area contributed by atoms with Crippen LogP contribution >= 0.6 is 11.8 Å². The zero-order chi connectivity index (χ0) is 13.5. The van der Waals surface area contributed by atoms with Crippen molar-refractivity contribution in [1.29, 1.82) is 0 Å². The number of pyridine rings is 1.